The molecule has 0 saturated heterocycles. The van der Waals surface area contributed by atoms with Crippen LogP contribution in [0.5, 0.6) is 0 Å². The number of carbonyl (C=O) groups excluding carboxylic acids is 2. The molecule has 0 aromatic heterocycles. The highest BCUT2D eigenvalue weighted by Gasteiger charge is 2.22. The number of rotatable bonds is 9. The fraction of sp³-hybridized carbons (Fsp3) is 0.700. The van der Waals surface area contributed by atoms with Crippen LogP contribution in [0.4, 0.5) is 0 Å². The molecule has 0 amide bonds. The minimum absolute atomic E-state index is 0.143. The fourth-order valence-electron chi connectivity index (χ4n) is 2.41. The molecular weight excluding hydrogens is 316 g/mol. The maximum absolute atomic E-state index is 11.9. The van der Waals surface area contributed by atoms with Crippen LogP contribution in [0.3, 0.4) is 0 Å². The summed E-state index contributed by atoms with van der Waals surface area (Å²) in [5.74, 6) is -0.954. The van der Waals surface area contributed by atoms with Crippen LogP contribution in [0.25, 0.3) is 0 Å². The van der Waals surface area contributed by atoms with Crippen molar-refractivity contribution in [3.63, 3.8) is 0 Å². The standard InChI is InChI=1S/C16H32N2O3.C4H6/c1-11(2)17(12(3)4)9-15(19)21-16(20)10-18(13(5)6)14(7)8;1-3-4-2/h11-14H,9-10H2,1-8H3;3-4H,1-2H2. The topological polar surface area (TPSA) is 49.9 Å². The van der Waals surface area contributed by atoms with E-state index in [-0.39, 0.29) is 37.3 Å². The molecule has 5 heteroatoms. The molecule has 5 nitrogen and oxygen atoms in total. The summed E-state index contributed by atoms with van der Waals surface area (Å²) in [6.07, 6.45) is 3.28. The predicted molar refractivity (Wildman–Crippen MR) is 105 cm³/mol. The highest BCUT2D eigenvalue weighted by atomic mass is 16.6. The highest BCUT2D eigenvalue weighted by molar-refractivity contribution is 5.87. The van der Waals surface area contributed by atoms with E-state index in [1.807, 2.05) is 65.2 Å². The first-order chi connectivity index (χ1) is 11.5. The maximum atomic E-state index is 11.9. The molecule has 0 aromatic rings. The molecule has 0 unspecified atom stereocenters. The van der Waals surface area contributed by atoms with E-state index >= 15 is 0 Å². The van der Waals surface area contributed by atoms with Crippen LogP contribution in [-0.2, 0) is 14.3 Å². The van der Waals surface area contributed by atoms with Crippen LogP contribution in [0.1, 0.15) is 55.4 Å². The van der Waals surface area contributed by atoms with Gasteiger partial charge in [0.1, 0.15) is 0 Å². The van der Waals surface area contributed by atoms with Crippen molar-refractivity contribution in [2.45, 2.75) is 79.6 Å². The average Bonchev–Trinajstić information content (AvgIpc) is 2.49. The summed E-state index contributed by atoms with van der Waals surface area (Å²) in [7, 11) is 0. The summed E-state index contributed by atoms with van der Waals surface area (Å²) < 4.78 is 4.95. The molecule has 0 aliphatic heterocycles. The number of carbonyl (C=O) groups is 2. The quantitative estimate of drug-likeness (QED) is 0.359. The van der Waals surface area contributed by atoms with E-state index in [2.05, 4.69) is 13.2 Å². The van der Waals surface area contributed by atoms with Gasteiger partial charge in [0, 0.05) is 24.2 Å². The maximum Gasteiger partial charge on any atom is 0.327 e. The molecule has 0 aromatic carbocycles. The van der Waals surface area contributed by atoms with Gasteiger partial charge >= 0.3 is 11.9 Å². The molecule has 0 bridgehead atoms. The number of ether oxygens (including phenoxy) is 1. The molecule has 0 N–H and O–H groups in total. The van der Waals surface area contributed by atoms with Crippen molar-refractivity contribution in [3.8, 4) is 0 Å². The molecule has 0 heterocycles. The summed E-state index contributed by atoms with van der Waals surface area (Å²) in [5.41, 5.74) is 0. The zero-order valence-corrected chi connectivity index (χ0v) is 17.4. The van der Waals surface area contributed by atoms with Crippen molar-refractivity contribution in [2.75, 3.05) is 13.1 Å². The molecule has 0 radical (unpaired) electrons. The molecular formula is C20H38N2O3. The average molecular weight is 355 g/mol. The summed E-state index contributed by atoms with van der Waals surface area (Å²) in [4.78, 5) is 27.8. The third kappa shape index (κ3) is 12.5. The third-order valence-electron chi connectivity index (χ3n) is 3.67. The Bertz CT molecular complexity index is 361. The first-order valence-corrected chi connectivity index (χ1v) is 8.96. The number of allylic oxidation sites excluding steroid dienone is 2. The Balaban J connectivity index is 0. The Morgan fingerprint density at radius 1 is 0.720 bits per heavy atom. The van der Waals surface area contributed by atoms with E-state index in [4.69, 9.17) is 4.74 Å². The Morgan fingerprint density at radius 3 is 1.12 bits per heavy atom. The van der Waals surface area contributed by atoms with Gasteiger partial charge in [0.15, 0.2) is 0 Å². The molecule has 0 atom stereocenters. The molecule has 0 aliphatic carbocycles. The first-order valence-electron chi connectivity index (χ1n) is 8.96. The van der Waals surface area contributed by atoms with Crippen molar-refractivity contribution in [1.82, 2.24) is 9.80 Å². The van der Waals surface area contributed by atoms with Gasteiger partial charge < -0.3 is 4.74 Å². The van der Waals surface area contributed by atoms with E-state index < -0.39 is 11.9 Å². The lowest BCUT2D eigenvalue weighted by atomic mass is 10.2. The SMILES string of the molecule is C=CC=C.CC(C)N(CC(=O)OC(=O)CN(C(C)C)C(C)C)C(C)C. The number of hydrogen-bond donors (Lipinski definition) is 0. The highest BCUT2D eigenvalue weighted by Crippen LogP contribution is 2.07. The third-order valence-corrected chi connectivity index (χ3v) is 3.67. The fourth-order valence-corrected chi connectivity index (χ4v) is 2.41. The van der Waals surface area contributed by atoms with Crippen LogP contribution in [0.2, 0.25) is 0 Å². The molecule has 0 aliphatic rings. The number of hydrogen-bond acceptors (Lipinski definition) is 5. The van der Waals surface area contributed by atoms with Crippen LogP contribution in [-0.4, -0.2) is 59.0 Å². The van der Waals surface area contributed by atoms with E-state index in [1.165, 1.54) is 0 Å². The van der Waals surface area contributed by atoms with Gasteiger partial charge in [-0.25, -0.2) is 0 Å². The summed E-state index contributed by atoms with van der Waals surface area (Å²) in [5, 5.41) is 0. The zero-order valence-electron chi connectivity index (χ0n) is 17.4. The lowest BCUT2D eigenvalue weighted by molar-refractivity contribution is -0.162. The van der Waals surface area contributed by atoms with Crippen LogP contribution in [0, 0.1) is 0 Å². The number of esters is 2. The molecule has 0 rings (SSSR count). The Morgan fingerprint density at radius 2 is 0.960 bits per heavy atom. The van der Waals surface area contributed by atoms with Gasteiger partial charge in [-0.2, -0.15) is 0 Å². The molecule has 0 saturated carbocycles. The summed E-state index contributed by atoms with van der Waals surface area (Å²) in [6.45, 7) is 23.2. The van der Waals surface area contributed by atoms with Crippen LogP contribution >= 0.6 is 0 Å². The normalized spacial score (nSPS) is 11.1. The van der Waals surface area contributed by atoms with Crippen molar-refractivity contribution in [2.24, 2.45) is 0 Å². The van der Waals surface area contributed by atoms with E-state index in [0.717, 1.165) is 0 Å². The monoisotopic (exact) mass is 354 g/mol. The Kier molecular flexibility index (Phi) is 14.2. The van der Waals surface area contributed by atoms with Crippen molar-refractivity contribution >= 4 is 11.9 Å². The van der Waals surface area contributed by atoms with Crippen molar-refractivity contribution in [1.29, 1.82) is 0 Å². The lowest BCUT2D eigenvalue weighted by Gasteiger charge is -2.30. The molecule has 25 heavy (non-hydrogen) atoms. The molecule has 146 valence electrons. The van der Waals surface area contributed by atoms with Gasteiger partial charge in [0.25, 0.3) is 0 Å². The Hall–Kier alpha value is -1.46. The molecule has 0 fully saturated rings. The van der Waals surface area contributed by atoms with Gasteiger partial charge in [0.2, 0.25) is 0 Å². The predicted octanol–water partition coefficient (Wildman–Crippen LogP) is 3.65. The van der Waals surface area contributed by atoms with E-state index in [0.29, 0.717) is 0 Å². The second-order valence-electron chi connectivity index (χ2n) is 7.04. The molecule has 0 spiro atoms. The largest absolute Gasteiger partial charge is 0.391 e. The van der Waals surface area contributed by atoms with Gasteiger partial charge in [-0.05, 0) is 55.4 Å². The van der Waals surface area contributed by atoms with Crippen molar-refractivity contribution < 1.29 is 14.3 Å². The summed E-state index contributed by atoms with van der Waals surface area (Å²) in [6, 6.07) is 0.928. The first kappa shape index (κ1) is 25.8. The van der Waals surface area contributed by atoms with Crippen LogP contribution in [0.15, 0.2) is 25.3 Å². The second kappa shape index (κ2) is 13.8. The van der Waals surface area contributed by atoms with Gasteiger partial charge in [-0.3, -0.25) is 19.4 Å². The van der Waals surface area contributed by atoms with Crippen molar-refractivity contribution in [3.05, 3.63) is 25.3 Å². The lowest BCUT2D eigenvalue weighted by Crippen LogP contribution is -2.44. The van der Waals surface area contributed by atoms with Crippen LogP contribution < -0.4 is 0 Å². The van der Waals surface area contributed by atoms with E-state index in [1.54, 1.807) is 12.2 Å². The van der Waals surface area contributed by atoms with Gasteiger partial charge in [-0.15, -0.1) is 0 Å². The van der Waals surface area contributed by atoms with Gasteiger partial charge in [0.05, 0.1) is 13.1 Å². The second-order valence-corrected chi connectivity index (χ2v) is 7.04. The number of nitrogens with zero attached hydrogens (tertiary/aromatic N) is 2. The minimum atomic E-state index is -0.477. The summed E-state index contributed by atoms with van der Waals surface area (Å²) >= 11 is 0. The Labute approximate surface area is 154 Å². The van der Waals surface area contributed by atoms with E-state index in [9.17, 15) is 9.59 Å². The zero-order chi connectivity index (χ0) is 20.2. The van der Waals surface area contributed by atoms with Gasteiger partial charge in [-0.1, -0.05) is 25.3 Å². The minimum Gasteiger partial charge on any atom is -0.391 e. The smallest absolute Gasteiger partial charge is 0.327 e.